The standard InChI is InChI=1S/C40H60BO14.Na/c1-21-15-17-31-37(5,6)29(42)13-9-11-26-20-28(24(4)47-26)49-36(45)34-40-22(2)16-18-32(51-40)38(7,8)30(43)14-10-12-25-19-27(23(3)46-25)48-35(44)33-39(21,50-31)54-41(52-33,53-34)55-40;/h9-12,21-34,42-43H,13-20H2,1-8H3;/q-1;+1/b11-9+,12-10+;/t21-,22-,23-,24-,25-,26-,27+,28+,29-,30-,31+,32+,33+,34+,39+,40+,41?;/m1./s1. The first-order valence-electron chi connectivity index (χ1n) is 20.5. The van der Waals surface area contributed by atoms with Gasteiger partial charge >= 0.3 is 48.5 Å². The molecule has 6 fully saturated rings. The fraction of sp³-hybridized carbons (Fsp3) is 0.850. The molecular formula is C40H60BNaO14. The van der Waals surface area contributed by atoms with Crippen molar-refractivity contribution in [2.75, 3.05) is 0 Å². The van der Waals surface area contributed by atoms with Crippen LogP contribution in [0.15, 0.2) is 24.3 Å². The van der Waals surface area contributed by atoms with Crippen molar-refractivity contribution in [3.8, 4) is 0 Å². The van der Waals surface area contributed by atoms with Crippen LogP contribution in [0.25, 0.3) is 0 Å². The molecule has 16 atom stereocenters. The summed E-state index contributed by atoms with van der Waals surface area (Å²) in [6.07, 6.45) is 2.49. The molecule has 0 unspecified atom stereocenters. The van der Waals surface area contributed by atoms with Gasteiger partial charge in [0.05, 0.1) is 48.8 Å². The number of aliphatic hydroxyl groups excluding tert-OH is 2. The Balaban J connectivity index is 0.00000480. The van der Waals surface area contributed by atoms with Gasteiger partial charge in [-0.15, -0.1) is 0 Å². The maximum atomic E-state index is 14.6. The second-order valence-corrected chi connectivity index (χ2v) is 18.6. The van der Waals surface area contributed by atoms with Crippen LogP contribution in [0.4, 0.5) is 0 Å². The molecule has 0 aliphatic carbocycles. The van der Waals surface area contributed by atoms with Crippen LogP contribution >= 0.6 is 0 Å². The number of fused-ring (bicyclic) bond motifs is 8. The summed E-state index contributed by atoms with van der Waals surface area (Å²) in [4.78, 5) is 29.2. The van der Waals surface area contributed by atoms with Gasteiger partial charge in [0.15, 0.2) is 23.8 Å². The normalized spacial score (nSPS) is 52.3. The molecule has 6 saturated heterocycles. The van der Waals surface area contributed by atoms with Gasteiger partial charge in [0, 0.05) is 35.5 Å². The molecule has 8 aliphatic rings. The van der Waals surface area contributed by atoms with E-state index >= 15 is 0 Å². The average Bonchev–Trinajstić information content (AvgIpc) is 3.84. The number of hydrogen-bond donors (Lipinski definition) is 2. The molecule has 56 heavy (non-hydrogen) atoms. The number of ether oxygens (including phenoxy) is 6. The van der Waals surface area contributed by atoms with Crippen molar-refractivity contribution in [3.05, 3.63) is 24.3 Å². The Labute approximate surface area is 352 Å². The molecule has 0 aromatic heterocycles. The largest absolute Gasteiger partial charge is 1.00 e. The van der Waals surface area contributed by atoms with E-state index in [1.807, 2.05) is 79.7 Å². The first kappa shape index (κ1) is 43.2. The van der Waals surface area contributed by atoms with E-state index in [0.29, 0.717) is 51.4 Å². The third-order valence-corrected chi connectivity index (χ3v) is 14.3. The summed E-state index contributed by atoms with van der Waals surface area (Å²) < 4.78 is 65.8. The van der Waals surface area contributed by atoms with Crippen molar-refractivity contribution in [1.82, 2.24) is 0 Å². The molecule has 2 N–H and O–H groups in total. The number of rotatable bonds is 0. The topological polar surface area (TPSA) is 167 Å². The van der Waals surface area contributed by atoms with Gasteiger partial charge in [-0.3, -0.25) is 0 Å². The van der Waals surface area contributed by atoms with Crippen molar-refractivity contribution in [2.24, 2.45) is 22.7 Å². The third kappa shape index (κ3) is 7.23. The Hall–Kier alpha value is -0.915. The number of carbonyl (C=O) groups is 2. The number of carbonyl (C=O) groups excluding carboxylic acids is 2. The first-order chi connectivity index (χ1) is 25.9. The fourth-order valence-electron chi connectivity index (χ4n) is 10.1. The van der Waals surface area contributed by atoms with Crippen LogP contribution in [0.2, 0.25) is 0 Å². The molecule has 16 heteroatoms. The van der Waals surface area contributed by atoms with Crippen molar-refractivity contribution in [2.45, 2.75) is 192 Å². The molecule has 308 valence electrons. The smallest absolute Gasteiger partial charge is 0.504 e. The summed E-state index contributed by atoms with van der Waals surface area (Å²) in [6.45, 7) is 11.8. The van der Waals surface area contributed by atoms with Crippen LogP contribution in [0.1, 0.15) is 107 Å². The Morgan fingerprint density at radius 3 is 1.43 bits per heavy atom. The van der Waals surface area contributed by atoms with E-state index in [-0.39, 0.29) is 41.8 Å². The second-order valence-electron chi connectivity index (χ2n) is 18.6. The molecular weight excluding hydrogens is 738 g/mol. The van der Waals surface area contributed by atoms with Gasteiger partial charge in [0.25, 0.3) is 0 Å². The number of hydrogen-bond acceptors (Lipinski definition) is 14. The van der Waals surface area contributed by atoms with Gasteiger partial charge in [-0.25, -0.2) is 9.59 Å². The van der Waals surface area contributed by atoms with Gasteiger partial charge < -0.3 is 57.3 Å². The zero-order valence-corrected chi connectivity index (χ0v) is 36.4. The number of esters is 2. The van der Waals surface area contributed by atoms with Gasteiger partial charge in [0.1, 0.15) is 12.2 Å². The van der Waals surface area contributed by atoms with Crippen LogP contribution < -0.4 is 29.6 Å². The quantitative estimate of drug-likeness (QED) is 0.204. The van der Waals surface area contributed by atoms with Crippen LogP contribution in [0, 0.1) is 22.7 Å². The van der Waals surface area contributed by atoms with Crippen LogP contribution in [0.5, 0.6) is 0 Å². The molecule has 0 radical (unpaired) electrons. The Bertz CT molecular complexity index is 1450. The number of aliphatic hydroxyl groups is 2. The molecule has 0 aromatic carbocycles. The van der Waals surface area contributed by atoms with Crippen molar-refractivity contribution < 1.29 is 96.4 Å². The molecule has 0 saturated carbocycles. The first-order valence-corrected chi connectivity index (χ1v) is 20.5. The Morgan fingerprint density at radius 1 is 0.643 bits per heavy atom. The van der Waals surface area contributed by atoms with Gasteiger partial charge in [0.2, 0.25) is 0 Å². The molecule has 3 spiro atoms. The molecule has 11 bridgehead atoms. The zero-order valence-electron chi connectivity index (χ0n) is 34.4. The minimum atomic E-state index is -3.42. The fourth-order valence-corrected chi connectivity index (χ4v) is 10.1. The molecule has 8 aliphatic heterocycles. The van der Waals surface area contributed by atoms with Gasteiger partial charge in [-0.2, -0.15) is 0 Å². The SMILES string of the molecule is C[C@@H]1CC[C@@H]2O[C@]13O[B-]14O[C@H]3C(=O)O[C@H]3C[C@@H](/C=C/C[C@@H](O)C(C)(C)[C@@H]5CC[C@@H](C)[C@](O5)(O1)[C@@H](O4)C(=O)O[C@H]1C[C@@H](/C=C/C[C@@H](O)C2(C)C)O[C@@H]1C)O[C@@H]3C.[Na+]. The average molecular weight is 799 g/mol. The molecule has 0 aromatic rings. The predicted octanol–water partition coefficient (Wildman–Crippen LogP) is 1.15. The second kappa shape index (κ2) is 15.5. The summed E-state index contributed by atoms with van der Waals surface area (Å²) >= 11 is 0. The van der Waals surface area contributed by atoms with E-state index in [4.69, 9.17) is 47.0 Å². The van der Waals surface area contributed by atoms with Crippen molar-refractivity contribution in [1.29, 1.82) is 0 Å². The minimum Gasteiger partial charge on any atom is -0.504 e. The molecule has 0 amide bonds. The van der Waals surface area contributed by atoms with Gasteiger partial charge in [-0.1, -0.05) is 65.8 Å². The van der Waals surface area contributed by atoms with E-state index in [2.05, 4.69) is 0 Å². The summed E-state index contributed by atoms with van der Waals surface area (Å²) in [6, 6.07) is 0. The van der Waals surface area contributed by atoms with E-state index in [1.165, 1.54) is 0 Å². The molecule has 8 rings (SSSR count). The summed E-state index contributed by atoms with van der Waals surface area (Å²) in [5.41, 5.74) is -1.64. The van der Waals surface area contributed by atoms with Crippen LogP contribution in [-0.4, -0.2) is 114 Å². The van der Waals surface area contributed by atoms with Gasteiger partial charge in [-0.05, 0) is 52.4 Å². The predicted molar refractivity (Wildman–Crippen MR) is 194 cm³/mol. The summed E-state index contributed by atoms with van der Waals surface area (Å²) in [5.74, 6) is -6.02. The summed E-state index contributed by atoms with van der Waals surface area (Å²) in [7, 11) is 0. The van der Waals surface area contributed by atoms with Crippen LogP contribution in [-0.2, 0) is 56.6 Å². The van der Waals surface area contributed by atoms with Crippen molar-refractivity contribution >= 4 is 18.9 Å². The summed E-state index contributed by atoms with van der Waals surface area (Å²) in [5, 5.41) is 23.3. The maximum absolute atomic E-state index is 14.6. The maximum Gasteiger partial charge on any atom is 1.00 e. The van der Waals surface area contributed by atoms with Crippen molar-refractivity contribution in [3.63, 3.8) is 0 Å². The minimum absolute atomic E-state index is 0. The van der Waals surface area contributed by atoms with Crippen LogP contribution in [0.3, 0.4) is 0 Å². The molecule has 8 heterocycles. The Kier molecular flexibility index (Phi) is 12.0. The van der Waals surface area contributed by atoms with E-state index in [9.17, 15) is 19.8 Å². The third-order valence-electron chi connectivity index (χ3n) is 14.3. The van der Waals surface area contributed by atoms with E-state index in [0.717, 1.165) is 0 Å². The Morgan fingerprint density at radius 2 is 1.04 bits per heavy atom. The van der Waals surface area contributed by atoms with E-state index < -0.39 is 114 Å². The molecule has 14 nitrogen and oxygen atoms in total. The monoisotopic (exact) mass is 798 g/mol. The van der Waals surface area contributed by atoms with E-state index in [1.54, 1.807) is 0 Å². The zero-order chi connectivity index (χ0) is 39.3.